The van der Waals surface area contributed by atoms with Gasteiger partial charge in [-0.25, -0.2) is 4.79 Å². The number of carbonyl (C=O) groups excluding carboxylic acids is 1. The lowest BCUT2D eigenvalue weighted by molar-refractivity contribution is 0.0394. The second-order valence-electron chi connectivity index (χ2n) is 4.76. The van der Waals surface area contributed by atoms with Crippen LogP contribution in [0.15, 0.2) is 18.2 Å². The van der Waals surface area contributed by atoms with E-state index in [4.69, 9.17) is 22.1 Å². The molecule has 0 unspecified atom stereocenters. The van der Waals surface area contributed by atoms with E-state index in [9.17, 15) is 4.79 Å². The molecule has 0 aliphatic carbocycles. The van der Waals surface area contributed by atoms with E-state index in [1.54, 1.807) is 0 Å². The third kappa shape index (κ3) is 4.65. The number of rotatable bonds is 4. The molecule has 1 amide bonds. The van der Waals surface area contributed by atoms with Crippen molar-refractivity contribution in [1.82, 2.24) is 0 Å². The van der Waals surface area contributed by atoms with Crippen LogP contribution in [0.4, 0.5) is 4.79 Å². The van der Waals surface area contributed by atoms with Crippen LogP contribution in [0.5, 0.6) is 0 Å². The molecular formula is C13H18ClNO2. The second-order valence-corrected chi connectivity index (χ2v) is 5.17. The number of carbonyl (C=O) groups is 1. The van der Waals surface area contributed by atoms with Crippen LogP contribution >= 0.6 is 11.6 Å². The Kier molecular flexibility index (Phi) is 4.40. The fraction of sp³-hybridized carbons (Fsp3) is 0.462. The summed E-state index contributed by atoms with van der Waals surface area (Å²) in [4.78, 5) is 10.7. The molecule has 4 heteroatoms. The van der Waals surface area contributed by atoms with Crippen molar-refractivity contribution >= 4 is 17.7 Å². The van der Waals surface area contributed by atoms with E-state index in [1.807, 2.05) is 39.0 Å². The number of amides is 1. The first-order valence-corrected chi connectivity index (χ1v) is 5.91. The predicted molar refractivity (Wildman–Crippen MR) is 69.3 cm³/mol. The first-order chi connectivity index (χ1) is 7.80. The fourth-order valence-corrected chi connectivity index (χ4v) is 1.76. The quantitative estimate of drug-likeness (QED) is 0.896. The minimum absolute atomic E-state index is 0.552. The third-order valence-electron chi connectivity index (χ3n) is 2.63. The predicted octanol–water partition coefficient (Wildman–Crippen LogP) is 3.45. The van der Waals surface area contributed by atoms with Crippen LogP contribution in [0.1, 0.15) is 31.4 Å². The molecule has 0 aliphatic rings. The number of nitrogens with two attached hydrogens (primary N) is 1. The standard InChI is InChI=1S/C13H18ClNO2/c1-9-4-5-10(8-11(9)14)6-7-13(2,3)17-12(15)16/h4-5,8H,6-7H2,1-3H3,(H2,15,16). The normalized spacial score (nSPS) is 11.3. The van der Waals surface area contributed by atoms with Crippen molar-refractivity contribution in [2.45, 2.75) is 39.2 Å². The van der Waals surface area contributed by atoms with Gasteiger partial charge < -0.3 is 10.5 Å². The molecule has 94 valence electrons. The van der Waals surface area contributed by atoms with Gasteiger partial charge in [-0.1, -0.05) is 23.7 Å². The SMILES string of the molecule is Cc1ccc(CCC(C)(C)OC(N)=O)cc1Cl. The Morgan fingerprint density at radius 2 is 2.12 bits per heavy atom. The zero-order chi connectivity index (χ0) is 13.1. The summed E-state index contributed by atoms with van der Waals surface area (Å²) in [6.45, 7) is 5.65. The lowest BCUT2D eigenvalue weighted by atomic mass is 9.98. The first kappa shape index (κ1) is 13.8. The first-order valence-electron chi connectivity index (χ1n) is 5.54. The highest BCUT2D eigenvalue weighted by Gasteiger charge is 2.21. The van der Waals surface area contributed by atoms with Gasteiger partial charge in [0.05, 0.1) is 0 Å². The smallest absolute Gasteiger partial charge is 0.405 e. The van der Waals surface area contributed by atoms with Crippen LogP contribution in [-0.4, -0.2) is 11.7 Å². The lowest BCUT2D eigenvalue weighted by Crippen LogP contribution is -2.31. The van der Waals surface area contributed by atoms with Gasteiger partial charge in [0.1, 0.15) is 5.60 Å². The summed E-state index contributed by atoms with van der Waals surface area (Å²) < 4.78 is 5.02. The van der Waals surface area contributed by atoms with Crippen LogP contribution in [0, 0.1) is 6.92 Å². The molecule has 1 aromatic rings. The number of hydrogen-bond donors (Lipinski definition) is 1. The largest absolute Gasteiger partial charge is 0.444 e. The highest BCUT2D eigenvalue weighted by molar-refractivity contribution is 6.31. The van der Waals surface area contributed by atoms with Gasteiger partial charge in [-0.3, -0.25) is 0 Å². The summed E-state index contributed by atoms with van der Waals surface area (Å²) in [6.07, 6.45) is 0.757. The van der Waals surface area contributed by atoms with E-state index < -0.39 is 11.7 Å². The lowest BCUT2D eigenvalue weighted by Gasteiger charge is -2.23. The van der Waals surface area contributed by atoms with Crippen LogP contribution in [0.25, 0.3) is 0 Å². The number of aryl methyl sites for hydroxylation is 2. The van der Waals surface area contributed by atoms with E-state index in [-0.39, 0.29) is 0 Å². The summed E-state index contributed by atoms with van der Waals surface area (Å²) in [5, 5.41) is 0.760. The van der Waals surface area contributed by atoms with Gasteiger partial charge in [0.15, 0.2) is 0 Å². The third-order valence-corrected chi connectivity index (χ3v) is 3.04. The molecule has 0 fully saturated rings. The molecule has 17 heavy (non-hydrogen) atoms. The van der Waals surface area contributed by atoms with Crippen molar-refractivity contribution in [3.05, 3.63) is 34.3 Å². The van der Waals surface area contributed by atoms with Crippen LogP contribution in [-0.2, 0) is 11.2 Å². The fourth-order valence-electron chi connectivity index (χ4n) is 1.56. The van der Waals surface area contributed by atoms with Crippen molar-refractivity contribution < 1.29 is 9.53 Å². The van der Waals surface area contributed by atoms with E-state index in [0.29, 0.717) is 6.42 Å². The Labute approximate surface area is 107 Å². The van der Waals surface area contributed by atoms with Crippen LogP contribution in [0.3, 0.4) is 0 Å². The Hall–Kier alpha value is -1.22. The zero-order valence-electron chi connectivity index (χ0n) is 10.4. The average Bonchev–Trinajstić information content (AvgIpc) is 2.18. The Morgan fingerprint density at radius 1 is 1.47 bits per heavy atom. The van der Waals surface area contributed by atoms with E-state index in [0.717, 1.165) is 22.6 Å². The monoisotopic (exact) mass is 255 g/mol. The van der Waals surface area contributed by atoms with Crippen molar-refractivity contribution in [2.24, 2.45) is 5.73 Å². The van der Waals surface area contributed by atoms with E-state index >= 15 is 0 Å². The molecule has 1 aromatic carbocycles. The maximum absolute atomic E-state index is 10.7. The van der Waals surface area contributed by atoms with E-state index in [2.05, 4.69) is 0 Å². The molecule has 0 radical (unpaired) electrons. The summed E-state index contributed by atoms with van der Waals surface area (Å²) in [5.41, 5.74) is 6.64. The average molecular weight is 256 g/mol. The zero-order valence-corrected chi connectivity index (χ0v) is 11.2. The number of benzene rings is 1. The Balaban J connectivity index is 2.60. The number of ether oxygens (including phenoxy) is 1. The highest BCUT2D eigenvalue weighted by atomic mass is 35.5. The minimum atomic E-state index is -0.739. The minimum Gasteiger partial charge on any atom is -0.444 e. The Morgan fingerprint density at radius 3 is 2.65 bits per heavy atom. The Bertz CT molecular complexity index is 416. The van der Waals surface area contributed by atoms with Gasteiger partial charge in [-0.2, -0.15) is 0 Å². The molecule has 0 aromatic heterocycles. The molecule has 3 nitrogen and oxygen atoms in total. The van der Waals surface area contributed by atoms with Gasteiger partial charge in [-0.05, 0) is 50.8 Å². The van der Waals surface area contributed by atoms with Gasteiger partial charge >= 0.3 is 6.09 Å². The summed E-state index contributed by atoms with van der Waals surface area (Å²) in [6, 6.07) is 5.96. The van der Waals surface area contributed by atoms with Gasteiger partial charge in [0.25, 0.3) is 0 Å². The molecule has 0 aliphatic heterocycles. The molecule has 0 saturated heterocycles. The van der Waals surface area contributed by atoms with Gasteiger partial charge in [0, 0.05) is 5.02 Å². The number of primary amides is 1. The molecule has 2 N–H and O–H groups in total. The molecule has 0 bridgehead atoms. The molecular weight excluding hydrogens is 238 g/mol. The molecule has 1 rings (SSSR count). The van der Waals surface area contributed by atoms with Crippen molar-refractivity contribution in [2.75, 3.05) is 0 Å². The highest BCUT2D eigenvalue weighted by Crippen LogP contribution is 2.21. The summed E-state index contributed by atoms with van der Waals surface area (Å²) >= 11 is 6.04. The second kappa shape index (κ2) is 5.41. The maximum atomic E-state index is 10.7. The van der Waals surface area contributed by atoms with Gasteiger partial charge in [0.2, 0.25) is 0 Å². The topological polar surface area (TPSA) is 52.3 Å². The van der Waals surface area contributed by atoms with Gasteiger partial charge in [-0.15, -0.1) is 0 Å². The number of halogens is 1. The summed E-state index contributed by atoms with van der Waals surface area (Å²) in [7, 11) is 0. The molecule has 0 atom stereocenters. The summed E-state index contributed by atoms with van der Waals surface area (Å²) in [5.74, 6) is 0. The number of hydrogen-bond acceptors (Lipinski definition) is 2. The molecule has 0 spiro atoms. The van der Waals surface area contributed by atoms with Crippen molar-refractivity contribution in [1.29, 1.82) is 0 Å². The molecule has 0 heterocycles. The van der Waals surface area contributed by atoms with Crippen LogP contribution < -0.4 is 5.73 Å². The van der Waals surface area contributed by atoms with Crippen molar-refractivity contribution in [3.8, 4) is 0 Å². The van der Waals surface area contributed by atoms with Crippen LogP contribution in [0.2, 0.25) is 5.02 Å². The van der Waals surface area contributed by atoms with E-state index in [1.165, 1.54) is 0 Å². The maximum Gasteiger partial charge on any atom is 0.405 e. The molecule has 0 saturated carbocycles. The van der Waals surface area contributed by atoms with Crippen molar-refractivity contribution in [3.63, 3.8) is 0 Å².